The van der Waals surface area contributed by atoms with Crippen molar-refractivity contribution in [3.8, 4) is 0 Å². The first kappa shape index (κ1) is 21.6. The fraction of sp³-hybridized carbons (Fsp3) is 0.652. The van der Waals surface area contributed by atoms with E-state index in [0.717, 1.165) is 51.9 Å². The van der Waals surface area contributed by atoms with Crippen LogP contribution >= 0.6 is 0 Å². The maximum Gasteiger partial charge on any atom is 0.410 e. The zero-order chi connectivity index (χ0) is 20.9. The van der Waals surface area contributed by atoms with Gasteiger partial charge < -0.3 is 9.64 Å². The molecule has 3 rings (SSSR count). The smallest absolute Gasteiger partial charge is 0.410 e. The second-order valence-corrected chi connectivity index (χ2v) is 9.13. The Hall–Kier alpha value is -2.08. The number of piperidine rings is 1. The first-order valence-corrected chi connectivity index (χ1v) is 10.9. The molecule has 2 aliphatic heterocycles. The van der Waals surface area contributed by atoms with E-state index in [4.69, 9.17) is 4.74 Å². The van der Waals surface area contributed by atoms with Crippen molar-refractivity contribution in [2.75, 3.05) is 32.7 Å². The van der Waals surface area contributed by atoms with Crippen molar-refractivity contribution in [1.82, 2.24) is 14.7 Å². The fourth-order valence-electron chi connectivity index (χ4n) is 4.13. The molecule has 0 aliphatic carbocycles. The summed E-state index contributed by atoms with van der Waals surface area (Å²) in [6.45, 7) is 10.4. The largest absolute Gasteiger partial charge is 0.444 e. The molecule has 0 saturated carbocycles. The Morgan fingerprint density at radius 1 is 0.966 bits per heavy atom. The molecule has 2 amide bonds. The molecule has 0 bridgehead atoms. The normalized spacial score (nSPS) is 21.6. The molecule has 0 spiro atoms. The third kappa shape index (κ3) is 6.20. The van der Waals surface area contributed by atoms with Gasteiger partial charge in [0.25, 0.3) is 0 Å². The summed E-state index contributed by atoms with van der Waals surface area (Å²) < 4.78 is 5.56. The van der Waals surface area contributed by atoms with Crippen LogP contribution in [0.25, 0.3) is 0 Å². The zero-order valence-electron chi connectivity index (χ0n) is 18.1. The van der Waals surface area contributed by atoms with E-state index in [1.807, 2.05) is 31.7 Å². The zero-order valence-corrected chi connectivity index (χ0v) is 18.1. The summed E-state index contributed by atoms with van der Waals surface area (Å²) in [5.41, 5.74) is 0.749. The third-order valence-electron chi connectivity index (χ3n) is 5.57. The lowest BCUT2D eigenvalue weighted by Gasteiger charge is -2.38. The average Bonchev–Trinajstić information content (AvgIpc) is 2.92. The number of rotatable bonds is 3. The number of benzene rings is 1. The van der Waals surface area contributed by atoms with Crippen molar-refractivity contribution in [1.29, 1.82) is 0 Å². The van der Waals surface area contributed by atoms with Crippen LogP contribution in [0, 0.1) is 0 Å². The summed E-state index contributed by atoms with van der Waals surface area (Å²) in [6.07, 6.45) is 3.22. The molecule has 2 aliphatic rings. The molecule has 1 aromatic carbocycles. The Bertz CT molecular complexity index is 686. The maximum atomic E-state index is 13.3. The van der Waals surface area contributed by atoms with Gasteiger partial charge in [-0.3, -0.25) is 14.6 Å². The van der Waals surface area contributed by atoms with Gasteiger partial charge in [0.1, 0.15) is 11.6 Å². The monoisotopic (exact) mass is 401 g/mol. The van der Waals surface area contributed by atoms with E-state index in [2.05, 4.69) is 29.2 Å². The van der Waals surface area contributed by atoms with Crippen molar-refractivity contribution in [3.63, 3.8) is 0 Å². The minimum Gasteiger partial charge on any atom is -0.444 e. The second kappa shape index (κ2) is 9.61. The van der Waals surface area contributed by atoms with Crippen LogP contribution in [-0.2, 0) is 16.1 Å². The predicted octanol–water partition coefficient (Wildman–Crippen LogP) is 3.51. The standard InChI is InChI=1S/C23H35N3O3/c1-23(2,3)29-22(28)26-15-8-7-12-20(26)21(27)25-14-9-13-24(16-17-25)18-19-10-5-4-6-11-19/h4-6,10-11,20H,7-9,12-18H2,1-3H3. The lowest BCUT2D eigenvalue weighted by molar-refractivity contribution is -0.138. The van der Waals surface area contributed by atoms with E-state index in [1.165, 1.54) is 5.56 Å². The van der Waals surface area contributed by atoms with E-state index in [1.54, 1.807) is 4.90 Å². The molecule has 6 heteroatoms. The Balaban J connectivity index is 1.60. The molecule has 1 aromatic rings. The van der Waals surface area contributed by atoms with E-state index >= 15 is 0 Å². The van der Waals surface area contributed by atoms with Crippen LogP contribution in [0.15, 0.2) is 30.3 Å². The molecule has 29 heavy (non-hydrogen) atoms. The highest BCUT2D eigenvalue weighted by atomic mass is 16.6. The van der Waals surface area contributed by atoms with Gasteiger partial charge in [-0.1, -0.05) is 30.3 Å². The molecule has 6 nitrogen and oxygen atoms in total. The molecule has 2 heterocycles. The molecular weight excluding hydrogens is 366 g/mol. The van der Waals surface area contributed by atoms with Gasteiger partial charge in [0, 0.05) is 39.3 Å². The van der Waals surface area contributed by atoms with Gasteiger partial charge in [-0.25, -0.2) is 4.79 Å². The van der Waals surface area contributed by atoms with Crippen molar-refractivity contribution < 1.29 is 14.3 Å². The van der Waals surface area contributed by atoms with Gasteiger partial charge in [0.15, 0.2) is 0 Å². The summed E-state index contributed by atoms with van der Waals surface area (Å²) in [4.78, 5) is 32.0. The number of carbonyl (C=O) groups excluding carboxylic acids is 2. The highest BCUT2D eigenvalue weighted by Gasteiger charge is 2.37. The van der Waals surface area contributed by atoms with Crippen LogP contribution in [0.5, 0.6) is 0 Å². The Labute approximate surface area is 174 Å². The summed E-state index contributed by atoms with van der Waals surface area (Å²) in [5.74, 6) is 0.0807. The highest BCUT2D eigenvalue weighted by Crippen LogP contribution is 2.23. The number of amides is 2. The van der Waals surface area contributed by atoms with Crippen molar-refractivity contribution in [2.24, 2.45) is 0 Å². The van der Waals surface area contributed by atoms with Crippen LogP contribution in [0.2, 0.25) is 0 Å². The highest BCUT2D eigenvalue weighted by molar-refractivity contribution is 5.86. The minimum atomic E-state index is -0.553. The van der Waals surface area contributed by atoms with Gasteiger partial charge in [-0.2, -0.15) is 0 Å². The van der Waals surface area contributed by atoms with Crippen LogP contribution in [-0.4, -0.2) is 71.1 Å². The summed E-state index contributed by atoms with van der Waals surface area (Å²) in [7, 11) is 0. The van der Waals surface area contributed by atoms with Crippen molar-refractivity contribution in [2.45, 2.75) is 64.6 Å². The first-order chi connectivity index (χ1) is 13.8. The lowest BCUT2D eigenvalue weighted by atomic mass is 10.0. The molecule has 2 saturated heterocycles. The second-order valence-electron chi connectivity index (χ2n) is 9.13. The van der Waals surface area contributed by atoms with E-state index in [9.17, 15) is 9.59 Å². The quantitative estimate of drug-likeness (QED) is 0.778. The van der Waals surface area contributed by atoms with E-state index < -0.39 is 5.60 Å². The molecule has 160 valence electrons. The van der Waals surface area contributed by atoms with Gasteiger partial charge in [0.05, 0.1) is 0 Å². The summed E-state index contributed by atoms with van der Waals surface area (Å²) >= 11 is 0. The number of hydrogen-bond donors (Lipinski definition) is 0. The Kier molecular flexibility index (Phi) is 7.17. The van der Waals surface area contributed by atoms with Gasteiger partial charge in [-0.15, -0.1) is 0 Å². The maximum absolute atomic E-state index is 13.3. The number of hydrogen-bond acceptors (Lipinski definition) is 4. The number of carbonyl (C=O) groups is 2. The minimum absolute atomic E-state index is 0.0807. The SMILES string of the molecule is CC(C)(C)OC(=O)N1CCCCC1C(=O)N1CCCN(Cc2ccccc2)CC1. The molecule has 2 fully saturated rings. The Morgan fingerprint density at radius 2 is 1.72 bits per heavy atom. The van der Waals surface area contributed by atoms with Crippen LogP contribution < -0.4 is 0 Å². The van der Waals surface area contributed by atoms with Crippen molar-refractivity contribution in [3.05, 3.63) is 35.9 Å². The van der Waals surface area contributed by atoms with Crippen LogP contribution in [0.4, 0.5) is 4.79 Å². The average molecular weight is 402 g/mol. The molecule has 1 unspecified atom stereocenters. The van der Waals surface area contributed by atoms with Gasteiger partial charge >= 0.3 is 6.09 Å². The van der Waals surface area contributed by atoms with Crippen molar-refractivity contribution >= 4 is 12.0 Å². The fourth-order valence-corrected chi connectivity index (χ4v) is 4.13. The molecular formula is C23H35N3O3. The molecule has 0 N–H and O–H groups in total. The molecule has 1 atom stereocenters. The first-order valence-electron chi connectivity index (χ1n) is 10.9. The number of ether oxygens (including phenoxy) is 1. The summed E-state index contributed by atoms with van der Waals surface area (Å²) in [6, 6.07) is 10.1. The lowest BCUT2D eigenvalue weighted by Crippen LogP contribution is -2.54. The van der Waals surface area contributed by atoms with E-state index in [0.29, 0.717) is 13.1 Å². The van der Waals surface area contributed by atoms with Gasteiger partial charge in [-0.05, 0) is 52.0 Å². The summed E-state index contributed by atoms with van der Waals surface area (Å²) in [5, 5.41) is 0. The van der Waals surface area contributed by atoms with Crippen LogP contribution in [0.1, 0.15) is 52.0 Å². The van der Waals surface area contributed by atoms with E-state index in [-0.39, 0.29) is 18.0 Å². The van der Waals surface area contributed by atoms with Crippen LogP contribution in [0.3, 0.4) is 0 Å². The molecule has 0 aromatic heterocycles. The van der Waals surface area contributed by atoms with Gasteiger partial charge in [0.2, 0.25) is 5.91 Å². The number of nitrogens with zero attached hydrogens (tertiary/aromatic N) is 3. The third-order valence-corrected chi connectivity index (χ3v) is 5.57. The Morgan fingerprint density at radius 3 is 2.45 bits per heavy atom. The predicted molar refractivity (Wildman–Crippen MR) is 113 cm³/mol. The molecule has 0 radical (unpaired) electrons. The topological polar surface area (TPSA) is 53.1 Å². The number of likely N-dealkylation sites (tertiary alicyclic amines) is 1.